The van der Waals surface area contributed by atoms with Gasteiger partial charge in [-0.3, -0.25) is 0 Å². The van der Waals surface area contributed by atoms with Crippen LogP contribution in [0.4, 0.5) is 0 Å². The largest absolute Gasteiger partial charge is 0.317 e. The first-order valence-electron chi connectivity index (χ1n) is 8.85. The Morgan fingerprint density at radius 1 is 0.737 bits per heavy atom. The van der Waals surface area contributed by atoms with Crippen molar-refractivity contribution in [2.24, 2.45) is 17.8 Å². The molecule has 0 spiro atoms. The van der Waals surface area contributed by atoms with Crippen LogP contribution < -0.4 is 5.32 Å². The van der Waals surface area contributed by atoms with E-state index in [1.807, 2.05) is 0 Å². The quantitative estimate of drug-likeness (QED) is 0.841. The smallest absolute Gasteiger partial charge is 0.000966 e. The lowest BCUT2D eigenvalue weighted by atomic mass is 9.79. The van der Waals surface area contributed by atoms with Gasteiger partial charge >= 0.3 is 0 Å². The van der Waals surface area contributed by atoms with Crippen molar-refractivity contribution in [2.45, 2.75) is 57.8 Å². The molecule has 1 saturated carbocycles. The van der Waals surface area contributed by atoms with E-state index in [1.165, 1.54) is 90.5 Å². The first-order valence-corrected chi connectivity index (χ1v) is 8.85. The molecular formula is C17H32N2. The highest BCUT2D eigenvalue weighted by atomic mass is 15.1. The lowest BCUT2D eigenvalue weighted by molar-refractivity contribution is 0.110. The van der Waals surface area contributed by atoms with Crippen molar-refractivity contribution in [1.82, 2.24) is 10.2 Å². The van der Waals surface area contributed by atoms with E-state index in [4.69, 9.17) is 0 Å². The minimum Gasteiger partial charge on any atom is -0.317 e. The second kappa shape index (κ2) is 7.08. The number of likely N-dealkylation sites (tertiary alicyclic amines) is 1. The molecule has 0 aromatic carbocycles. The summed E-state index contributed by atoms with van der Waals surface area (Å²) in [5, 5.41) is 3.51. The summed E-state index contributed by atoms with van der Waals surface area (Å²) in [4.78, 5) is 2.79. The van der Waals surface area contributed by atoms with E-state index in [0.717, 1.165) is 17.8 Å². The van der Waals surface area contributed by atoms with E-state index in [1.54, 1.807) is 0 Å². The first-order chi connectivity index (χ1) is 9.42. The number of hydrogen-bond donors (Lipinski definition) is 1. The average molecular weight is 264 g/mol. The second-order valence-corrected chi connectivity index (χ2v) is 7.23. The summed E-state index contributed by atoms with van der Waals surface area (Å²) >= 11 is 0. The Labute approximate surface area is 119 Å². The molecule has 0 bridgehead atoms. The van der Waals surface area contributed by atoms with Gasteiger partial charge in [0.05, 0.1) is 0 Å². The van der Waals surface area contributed by atoms with Gasteiger partial charge in [0.25, 0.3) is 0 Å². The summed E-state index contributed by atoms with van der Waals surface area (Å²) in [5.74, 6) is 3.12. The molecule has 2 heterocycles. The molecule has 0 atom stereocenters. The molecule has 110 valence electrons. The van der Waals surface area contributed by atoms with Gasteiger partial charge in [-0.05, 0) is 82.5 Å². The van der Waals surface area contributed by atoms with Gasteiger partial charge in [0.15, 0.2) is 0 Å². The number of hydrogen-bond acceptors (Lipinski definition) is 2. The molecule has 3 fully saturated rings. The predicted molar refractivity (Wildman–Crippen MR) is 81.3 cm³/mol. The van der Waals surface area contributed by atoms with Crippen molar-refractivity contribution in [1.29, 1.82) is 0 Å². The summed E-state index contributed by atoms with van der Waals surface area (Å²) in [6.07, 6.45) is 13.3. The Morgan fingerprint density at radius 2 is 1.37 bits per heavy atom. The molecule has 0 aromatic rings. The van der Waals surface area contributed by atoms with E-state index in [-0.39, 0.29) is 0 Å². The molecule has 3 aliphatic rings. The number of rotatable bonds is 3. The maximum atomic E-state index is 3.51. The molecule has 1 N–H and O–H groups in total. The summed E-state index contributed by atoms with van der Waals surface area (Å²) in [7, 11) is 0. The topological polar surface area (TPSA) is 15.3 Å². The molecule has 2 heteroatoms. The van der Waals surface area contributed by atoms with E-state index >= 15 is 0 Å². The van der Waals surface area contributed by atoms with Gasteiger partial charge in [0, 0.05) is 6.54 Å². The summed E-state index contributed by atoms with van der Waals surface area (Å²) in [6, 6.07) is 0. The molecule has 0 amide bonds. The minimum atomic E-state index is 1.03. The second-order valence-electron chi connectivity index (χ2n) is 7.23. The van der Waals surface area contributed by atoms with Crippen molar-refractivity contribution in [3.05, 3.63) is 0 Å². The van der Waals surface area contributed by atoms with Crippen LogP contribution in [0.25, 0.3) is 0 Å². The zero-order valence-corrected chi connectivity index (χ0v) is 12.6. The molecular weight excluding hydrogens is 232 g/mol. The highest BCUT2D eigenvalue weighted by Crippen LogP contribution is 2.32. The third-order valence-corrected chi connectivity index (χ3v) is 5.92. The molecule has 0 aromatic heterocycles. The van der Waals surface area contributed by atoms with Crippen LogP contribution in [0.2, 0.25) is 0 Å². The summed E-state index contributed by atoms with van der Waals surface area (Å²) < 4.78 is 0. The fourth-order valence-corrected chi connectivity index (χ4v) is 4.66. The normalized spacial score (nSPS) is 29.7. The van der Waals surface area contributed by atoms with Crippen LogP contribution in [0, 0.1) is 17.8 Å². The summed E-state index contributed by atoms with van der Waals surface area (Å²) in [5.41, 5.74) is 0. The number of piperidine rings is 2. The number of nitrogens with one attached hydrogen (secondary N) is 1. The highest BCUT2D eigenvalue weighted by Gasteiger charge is 2.28. The van der Waals surface area contributed by atoms with Gasteiger partial charge in [-0.2, -0.15) is 0 Å². The van der Waals surface area contributed by atoms with Crippen LogP contribution in [-0.2, 0) is 0 Å². The van der Waals surface area contributed by atoms with Gasteiger partial charge in [-0.25, -0.2) is 0 Å². The van der Waals surface area contributed by atoms with Crippen LogP contribution in [0.3, 0.4) is 0 Å². The Bertz CT molecular complexity index is 246. The van der Waals surface area contributed by atoms with Crippen molar-refractivity contribution in [3.8, 4) is 0 Å². The Balaban J connectivity index is 1.38. The first kappa shape index (κ1) is 13.9. The van der Waals surface area contributed by atoms with Gasteiger partial charge in [0.1, 0.15) is 0 Å². The standard InChI is InChI=1S/C17H32N2/c1-2-4-15(5-3-1)14-19-12-8-17(9-13-19)16-6-10-18-11-7-16/h15-18H,1-14H2. The van der Waals surface area contributed by atoms with Gasteiger partial charge in [-0.1, -0.05) is 19.3 Å². The maximum Gasteiger partial charge on any atom is 0.000966 e. The van der Waals surface area contributed by atoms with Crippen molar-refractivity contribution in [3.63, 3.8) is 0 Å². The van der Waals surface area contributed by atoms with Gasteiger partial charge in [-0.15, -0.1) is 0 Å². The molecule has 2 saturated heterocycles. The lowest BCUT2D eigenvalue weighted by Crippen LogP contribution is -2.41. The van der Waals surface area contributed by atoms with E-state index in [9.17, 15) is 0 Å². The van der Waals surface area contributed by atoms with E-state index in [0.29, 0.717) is 0 Å². The SMILES string of the molecule is C1CCC(CN2CCC(C3CCNCC3)CC2)CC1. The van der Waals surface area contributed by atoms with E-state index in [2.05, 4.69) is 10.2 Å². The third-order valence-electron chi connectivity index (χ3n) is 5.92. The van der Waals surface area contributed by atoms with Crippen molar-refractivity contribution in [2.75, 3.05) is 32.7 Å². The Kier molecular flexibility index (Phi) is 5.17. The molecule has 3 rings (SSSR count). The predicted octanol–water partition coefficient (Wildman–Crippen LogP) is 3.28. The zero-order valence-electron chi connectivity index (χ0n) is 12.6. The molecule has 0 unspecified atom stereocenters. The molecule has 19 heavy (non-hydrogen) atoms. The third kappa shape index (κ3) is 3.95. The number of nitrogens with zero attached hydrogens (tertiary/aromatic N) is 1. The van der Waals surface area contributed by atoms with Crippen LogP contribution in [0.1, 0.15) is 57.8 Å². The molecule has 1 aliphatic carbocycles. The van der Waals surface area contributed by atoms with Crippen LogP contribution in [-0.4, -0.2) is 37.6 Å². The highest BCUT2D eigenvalue weighted by molar-refractivity contribution is 4.82. The molecule has 2 nitrogen and oxygen atoms in total. The molecule has 2 aliphatic heterocycles. The minimum absolute atomic E-state index is 1.03. The Morgan fingerprint density at radius 3 is 2.05 bits per heavy atom. The van der Waals surface area contributed by atoms with Crippen LogP contribution in [0.5, 0.6) is 0 Å². The van der Waals surface area contributed by atoms with Crippen molar-refractivity contribution >= 4 is 0 Å². The fourth-order valence-electron chi connectivity index (χ4n) is 4.66. The van der Waals surface area contributed by atoms with Gasteiger partial charge in [0.2, 0.25) is 0 Å². The Hall–Kier alpha value is -0.0800. The maximum absolute atomic E-state index is 3.51. The summed E-state index contributed by atoms with van der Waals surface area (Å²) in [6.45, 7) is 6.75. The fraction of sp³-hybridized carbons (Fsp3) is 1.00. The average Bonchev–Trinajstić information content (AvgIpc) is 2.50. The van der Waals surface area contributed by atoms with E-state index < -0.39 is 0 Å². The zero-order chi connectivity index (χ0) is 12.9. The van der Waals surface area contributed by atoms with Crippen LogP contribution in [0.15, 0.2) is 0 Å². The van der Waals surface area contributed by atoms with Crippen molar-refractivity contribution < 1.29 is 0 Å². The molecule has 0 radical (unpaired) electrons. The van der Waals surface area contributed by atoms with Gasteiger partial charge < -0.3 is 10.2 Å². The monoisotopic (exact) mass is 264 g/mol. The van der Waals surface area contributed by atoms with Crippen LogP contribution >= 0.6 is 0 Å². The lowest BCUT2D eigenvalue weighted by Gasteiger charge is -2.39.